The van der Waals surface area contributed by atoms with E-state index in [0.717, 1.165) is 12.3 Å². The van der Waals surface area contributed by atoms with E-state index < -0.39 is 5.97 Å². The van der Waals surface area contributed by atoms with Gasteiger partial charge in [0.15, 0.2) is 0 Å². The lowest BCUT2D eigenvalue weighted by atomic mass is 9.94. The molecule has 4 heteroatoms. The predicted octanol–water partition coefficient (Wildman–Crippen LogP) is 2.52. The number of pyridine rings is 1. The first-order chi connectivity index (χ1) is 8.99. The minimum absolute atomic E-state index is 0.0439. The molecule has 102 valence electrons. The van der Waals surface area contributed by atoms with Crippen LogP contribution in [0, 0.1) is 25.7 Å². The minimum atomic E-state index is -0.938. The van der Waals surface area contributed by atoms with Crippen molar-refractivity contribution < 1.29 is 9.90 Å². The zero-order chi connectivity index (χ0) is 13.7. The Hall–Kier alpha value is -1.58. The molecule has 2 aliphatic rings. The fraction of sp³-hybridized carbons (Fsp3) is 0.600. The lowest BCUT2D eigenvalue weighted by molar-refractivity contribution is 0.0693. The molecule has 3 rings (SSSR count). The molecule has 0 radical (unpaired) electrons. The number of rotatable bonds is 2. The number of nitrogens with zero attached hydrogens (tertiary/aromatic N) is 1. The number of aryl methyl sites for hydroxylation is 1. The van der Waals surface area contributed by atoms with Crippen LogP contribution in [0.15, 0.2) is 10.9 Å². The van der Waals surface area contributed by atoms with Gasteiger partial charge in [0.2, 0.25) is 0 Å². The SMILES string of the molecule is Cc1cc(=O)n(C2CC3CCC2C3)c(C)c1C(=O)O. The molecule has 3 atom stereocenters. The molecule has 0 aromatic carbocycles. The second-order valence-electron chi connectivity index (χ2n) is 6.04. The minimum Gasteiger partial charge on any atom is -0.478 e. The van der Waals surface area contributed by atoms with Gasteiger partial charge in [-0.25, -0.2) is 4.79 Å². The van der Waals surface area contributed by atoms with Crippen molar-refractivity contribution >= 4 is 5.97 Å². The van der Waals surface area contributed by atoms with Gasteiger partial charge in [-0.1, -0.05) is 6.42 Å². The van der Waals surface area contributed by atoms with Gasteiger partial charge < -0.3 is 9.67 Å². The van der Waals surface area contributed by atoms with Crippen molar-refractivity contribution in [2.24, 2.45) is 11.8 Å². The lowest BCUT2D eigenvalue weighted by Crippen LogP contribution is -2.31. The van der Waals surface area contributed by atoms with E-state index in [1.807, 2.05) is 0 Å². The Balaban J connectivity index is 2.14. The first kappa shape index (κ1) is 12.5. The van der Waals surface area contributed by atoms with Gasteiger partial charge in [0, 0.05) is 17.8 Å². The monoisotopic (exact) mass is 261 g/mol. The first-order valence-corrected chi connectivity index (χ1v) is 6.95. The number of carbonyl (C=O) groups is 1. The highest BCUT2D eigenvalue weighted by molar-refractivity contribution is 5.90. The molecule has 0 spiro atoms. The molecule has 1 N–H and O–H groups in total. The molecule has 1 aromatic rings. The number of aromatic carboxylic acids is 1. The number of fused-ring (bicyclic) bond motifs is 2. The smallest absolute Gasteiger partial charge is 0.337 e. The van der Waals surface area contributed by atoms with E-state index in [-0.39, 0.29) is 11.6 Å². The maximum absolute atomic E-state index is 12.3. The molecular weight excluding hydrogens is 242 g/mol. The third-order valence-corrected chi connectivity index (χ3v) is 4.94. The van der Waals surface area contributed by atoms with Gasteiger partial charge in [0.1, 0.15) is 0 Å². The van der Waals surface area contributed by atoms with E-state index in [2.05, 4.69) is 0 Å². The van der Waals surface area contributed by atoms with Crippen molar-refractivity contribution in [3.8, 4) is 0 Å². The third-order valence-electron chi connectivity index (χ3n) is 4.94. The molecule has 1 aromatic heterocycles. The maximum Gasteiger partial charge on any atom is 0.337 e. The fourth-order valence-corrected chi connectivity index (χ4v) is 4.16. The summed E-state index contributed by atoms with van der Waals surface area (Å²) in [7, 11) is 0. The summed E-state index contributed by atoms with van der Waals surface area (Å²) in [6.07, 6.45) is 4.68. The van der Waals surface area contributed by atoms with Crippen LogP contribution in [0.1, 0.15) is 53.3 Å². The highest BCUT2D eigenvalue weighted by Crippen LogP contribution is 2.50. The van der Waals surface area contributed by atoms with Crippen LogP contribution in [0.3, 0.4) is 0 Å². The second-order valence-corrected chi connectivity index (χ2v) is 6.04. The highest BCUT2D eigenvalue weighted by atomic mass is 16.4. The molecule has 0 saturated heterocycles. The predicted molar refractivity (Wildman–Crippen MR) is 71.6 cm³/mol. The van der Waals surface area contributed by atoms with Gasteiger partial charge in [-0.15, -0.1) is 0 Å². The number of carboxylic acids is 1. The number of hydrogen-bond acceptors (Lipinski definition) is 2. The normalized spacial score (nSPS) is 28.8. The molecule has 1 heterocycles. The van der Waals surface area contributed by atoms with E-state index in [1.165, 1.54) is 25.3 Å². The topological polar surface area (TPSA) is 59.3 Å². The molecule has 3 unspecified atom stereocenters. The lowest BCUT2D eigenvalue weighted by Gasteiger charge is -2.27. The standard InChI is InChI=1S/C15H19NO3/c1-8-5-13(17)16(9(2)14(8)15(18)19)12-7-10-3-4-11(12)6-10/h5,10-12H,3-4,6-7H2,1-2H3,(H,18,19). The van der Waals surface area contributed by atoms with Crippen LogP contribution in [0.4, 0.5) is 0 Å². The van der Waals surface area contributed by atoms with Crippen LogP contribution >= 0.6 is 0 Å². The fourth-order valence-electron chi connectivity index (χ4n) is 4.16. The van der Waals surface area contributed by atoms with Crippen molar-refractivity contribution in [3.05, 3.63) is 33.2 Å². The van der Waals surface area contributed by atoms with E-state index in [9.17, 15) is 14.7 Å². The quantitative estimate of drug-likeness (QED) is 0.890. The van der Waals surface area contributed by atoms with E-state index in [4.69, 9.17) is 0 Å². The summed E-state index contributed by atoms with van der Waals surface area (Å²) in [5.41, 5.74) is 1.43. The summed E-state index contributed by atoms with van der Waals surface area (Å²) in [5, 5.41) is 9.32. The van der Waals surface area contributed by atoms with Crippen molar-refractivity contribution in [1.29, 1.82) is 0 Å². The van der Waals surface area contributed by atoms with Gasteiger partial charge in [0.05, 0.1) is 5.56 Å². The number of aromatic nitrogens is 1. The number of hydrogen-bond donors (Lipinski definition) is 1. The van der Waals surface area contributed by atoms with Crippen LogP contribution < -0.4 is 5.56 Å². The average molecular weight is 261 g/mol. The van der Waals surface area contributed by atoms with Crippen LogP contribution in [-0.2, 0) is 0 Å². The van der Waals surface area contributed by atoms with Crippen LogP contribution in [-0.4, -0.2) is 15.6 Å². The molecule has 2 bridgehead atoms. The molecule has 2 saturated carbocycles. The van der Waals surface area contributed by atoms with Crippen molar-refractivity contribution in [1.82, 2.24) is 4.57 Å². The molecule has 0 aliphatic heterocycles. The molecule has 19 heavy (non-hydrogen) atoms. The summed E-state index contributed by atoms with van der Waals surface area (Å²) >= 11 is 0. The molecule has 0 amide bonds. The molecular formula is C15H19NO3. The Morgan fingerprint density at radius 3 is 2.58 bits per heavy atom. The van der Waals surface area contributed by atoms with Gasteiger partial charge in [-0.05, 0) is 50.5 Å². The molecule has 4 nitrogen and oxygen atoms in total. The van der Waals surface area contributed by atoms with Gasteiger partial charge in [-0.3, -0.25) is 4.79 Å². The average Bonchev–Trinajstić information content (AvgIpc) is 2.89. The Bertz CT molecular complexity index is 602. The van der Waals surface area contributed by atoms with Crippen LogP contribution in [0.2, 0.25) is 0 Å². The third kappa shape index (κ3) is 1.81. The summed E-state index contributed by atoms with van der Waals surface area (Å²) in [4.78, 5) is 23.6. The zero-order valence-electron chi connectivity index (χ0n) is 11.3. The number of carboxylic acid groups (broad SMARTS) is 1. The molecule has 2 aliphatic carbocycles. The van der Waals surface area contributed by atoms with Crippen molar-refractivity contribution in [3.63, 3.8) is 0 Å². The van der Waals surface area contributed by atoms with Crippen molar-refractivity contribution in [2.75, 3.05) is 0 Å². The van der Waals surface area contributed by atoms with E-state index >= 15 is 0 Å². The van der Waals surface area contributed by atoms with Gasteiger partial charge >= 0.3 is 5.97 Å². The maximum atomic E-state index is 12.3. The summed E-state index contributed by atoms with van der Waals surface area (Å²) in [5.74, 6) is 0.355. The van der Waals surface area contributed by atoms with Crippen LogP contribution in [0.5, 0.6) is 0 Å². The van der Waals surface area contributed by atoms with Crippen molar-refractivity contribution in [2.45, 2.75) is 45.6 Å². The van der Waals surface area contributed by atoms with Gasteiger partial charge in [-0.2, -0.15) is 0 Å². The Labute approximate surface area is 112 Å². The second kappa shape index (κ2) is 4.22. The van der Waals surface area contributed by atoms with E-state index in [0.29, 0.717) is 22.7 Å². The summed E-state index contributed by atoms with van der Waals surface area (Å²) in [6.45, 7) is 3.47. The summed E-state index contributed by atoms with van der Waals surface area (Å²) in [6, 6.07) is 1.69. The first-order valence-electron chi connectivity index (χ1n) is 6.95. The van der Waals surface area contributed by atoms with E-state index in [1.54, 1.807) is 18.4 Å². The molecule has 2 fully saturated rings. The summed E-state index contributed by atoms with van der Waals surface area (Å²) < 4.78 is 1.75. The zero-order valence-corrected chi connectivity index (χ0v) is 11.3. The Morgan fingerprint density at radius 2 is 2.05 bits per heavy atom. The highest BCUT2D eigenvalue weighted by Gasteiger charge is 2.41. The largest absolute Gasteiger partial charge is 0.478 e. The van der Waals surface area contributed by atoms with Gasteiger partial charge in [0.25, 0.3) is 5.56 Å². The Morgan fingerprint density at radius 1 is 1.32 bits per heavy atom. The Kier molecular flexibility index (Phi) is 2.77. The van der Waals surface area contributed by atoms with Crippen LogP contribution in [0.25, 0.3) is 0 Å².